The van der Waals surface area contributed by atoms with Gasteiger partial charge < -0.3 is 4.90 Å². The fraction of sp³-hybridized carbons (Fsp3) is 0.429. The molecular weight excluding hydrogens is 269 g/mol. The van der Waals surface area contributed by atoms with Crippen molar-refractivity contribution < 1.29 is 18.0 Å². The van der Waals surface area contributed by atoms with Crippen molar-refractivity contribution in [3.8, 4) is 6.07 Å². The molecule has 106 valence electrons. The largest absolute Gasteiger partial charge is 0.327 e. The van der Waals surface area contributed by atoms with Crippen molar-refractivity contribution >= 4 is 11.6 Å². The number of carbonyl (C=O) groups excluding carboxylic acids is 1. The van der Waals surface area contributed by atoms with E-state index < -0.39 is 30.1 Å². The Morgan fingerprint density at radius 3 is 2.70 bits per heavy atom. The van der Waals surface area contributed by atoms with Crippen LogP contribution in [0, 0.1) is 24.1 Å². The third-order valence-corrected chi connectivity index (χ3v) is 3.60. The summed E-state index contributed by atoms with van der Waals surface area (Å²) in [6.45, 7) is 3.07. The molecule has 6 heteroatoms. The maximum Gasteiger partial charge on any atom is 0.327 e. The lowest BCUT2D eigenvalue weighted by Crippen LogP contribution is -2.37. The second kappa shape index (κ2) is 4.82. The van der Waals surface area contributed by atoms with E-state index in [0.717, 1.165) is 4.90 Å². The van der Waals surface area contributed by atoms with Crippen LogP contribution >= 0.6 is 0 Å². The Balaban J connectivity index is 2.54. The molecule has 1 saturated heterocycles. The summed E-state index contributed by atoms with van der Waals surface area (Å²) in [5.74, 6) is -5.50. The highest BCUT2D eigenvalue weighted by Crippen LogP contribution is 2.39. The normalized spacial score (nSPS) is 21.1. The van der Waals surface area contributed by atoms with Crippen LogP contribution in [0.2, 0.25) is 0 Å². The fourth-order valence-electron chi connectivity index (χ4n) is 2.47. The van der Waals surface area contributed by atoms with Crippen LogP contribution in [-0.4, -0.2) is 17.9 Å². The van der Waals surface area contributed by atoms with Gasteiger partial charge in [-0.3, -0.25) is 4.79 Å². The van der Waals surface area contributed by atoms with Crippen LogP contribution in [0.3, 0.4) is 0 Å². The quantitative estimate of drug-likeness (QED) is 0.836. The molecule has 1 amide bonds. The minimum atomic E-state index is -3.42. The summed E-state index contributed by atoms with van der Waals surface area (Å²) < 4.78 is 41.0. The molecule has 1 aliphatic heterocycles. The molecule has 0 unspecified atom stereocenters. The average molecular weight is 282 g/mol. The summed E-state index contributed by atoms with van der Waals surface area (Å²) in [6.07, 6.45) is -0.216. The van der Waals surface area contributed by atoms with Gasteiger partial charge in [0, 0.05) is 18.0 Å². The van der Waals surface area contributed by atoms with E-state index in [2.05, 4.69) is 0 Å². The Bertz CT molecular complexity index is 607. The van der Waals surface area contributed by atoms with E-state index in [-0.39, 0.29) is 16.8 Å². The highest BCUT2D eigenvalue weighted by molar-refractivity contribution is 6.02. The zero-order valence-corrected chi connectivity index (χ0v) is 11.1. The fourth-order valence-corrected chi connectivity index (χ4v) is 2.47. The summed E-state index contributed by atoms with van der Waals surface area (Å²) in [6, 6.07) is 3.57. The average Bonchev–Trinajstić information content (AvgIpc) is 2.64. The van der Waals surface area contributed by atoms with Gasteiger partial charge in [-0.1, -0.05) is 6.92 Å². The first-order chi connectivity index (χ1) is 9.33. The van der Waals surface area contributed by atoms with E-state index in [1.165, 1.54) is 19.1 Å². The Hall–Kier alpha value is -2.03. The highest BCUT2D eigenvalue weighted by atomic mass is 19.3. The number of carbonyl (C=O) groups is 1. The number of alkyl halides is 2. The second-order valence-corrected chi connectivity index (χ2v) is 4.83. The van der Waals surface area contributed by atoms with Crippen LogP contribution in [0.1, 0.15) is 30.9 Å². The van der Waals surface area contributed by atoms with Crippen LogP contribution < -0.4 is 4.90 Å². The molecule has 0 aliphatic carbocycles. The topological polar surface area (TPSA) is 44.1 Å². The summed E-state index contributed by atoms with van der Waals surface area (Å²) >= 11 is 0. The van der Waals surface area contributed by atoms with Gasteiger partial charge in [0.05, 0.1) is 11.3 Å². The van der Waals surface area contributed by atoms with E-state index in [1.807, 2.05) is 0 Å². The number of anilines is 1. The van der Waals surface area contributed by atoms with Gasteiger partial charge in [0.15, 0.2) is 0 Å². The Morgan fingerprint density at radius 2 is 2.15 bits per heavy atom. The monoisotopic (exact) mass is 282 g/mol. The predicted octanol–water partition coefficient (Wildman–Crippen LogP) is 3.16. The van der Waals surface area contributed by atoms with E-state index >= 15 is 0 Å². The van der Waals surface area contributed by atoms with E-state index in [0.29, 0.717) is 6.42 Å². The van der Waals surface area contributed by atoms with Gasteiger partial charge in [0.1, 0.15) is 11.9 Å². The number of benzene rings is 1. The van der Waals surface area contributed by atoms with E-state index in [1.54, 1.807) is 13.0 Å². The molecule has 1 aromatic carbocycles. The molecule has 3 nitrogen and oxygen atoms in total. The Kier molecular flexibility index (Phi) is 3.46. The number of amides is 1. The molecule has 1 fully saturated rings. The summed E-state index contributed by atoms with van der Waals surface area (Å²) in [7, 11) is 0. The summed E-state index contributed by atoms with van der Waals surface area (Å²) in [5, 5.41) is 8.74. The standard InChI is InChI=1S/C14H13F3N2O/c1-3-10-6-14(16,17)13(20)19(10)11-5-4-9(7-18)12(15)8(11)2/h4-5,10H,3,6H2,1-2H3/t10-/m0/s1. The number of halogens is 3. The molecular formula is C14H13F3N2O. The maximum atomic E-state index is 13.9. The molecule has 1 heterocycles. The van der Waals surface area contributed by atoms with Gasteiger partial charge in [0.2, 0.25) is 0 Å². The first-order valence-electron chi connectivity index (χ1n) is 6.24. The van der Waals surface area contributed by atoms with Crippen LogP contribution in [0.5, 0.6) is 0 Å². The molecule has 1 aliphatic rings. The van der Waals surface area contributed by atoms with Crippen molar-refractivity contribution in [2.45, 2.75) is 38.7 Å². The maximum absolute atomic E-state index is 13.9. The van der Waals surface area contributed by atoms with E-state index in [4.69, 9.17) is 5.26 Å². The van der Waals surface area contributed by atoms with Gasteiger partial charge in [-0.15, -0.1) is 0 Å². The lowest BCUT2D eigenvalue weighted by molar-refractivity contribution is -0.137. The number of nitrogens with zero attached hydrogens (tertiary/aromatic N) is 2. The Labute approximate surface area is 114 Å². The van der Waals surface area contributed by atoms with Crippen molar-refractivity contribution in [2.24, 2.45) is 0 Å². The van der Waals surface area contributed by atoms with Crippen LogP contribution in [0.4, 0.5) is 18.9 Å². The molecule has 0 radical (unpaired) electrons. The van der Waals surface area contributed by atoms with E-state index in [9.17, 15) is 18.0 Å². The third-order valence-electron chi connectivity index (χ3n) is 3.60. The van der Waals surface area contributed by atoms with Crippen molar-refractivity contribution in [3.05, 3.63) is 29.1 Å². The minimum absolute atomic E-state index is 0.0357. The summed E-state index contributed by atoms with van der Waals surface area (Å²) in [4.78, 5) is 12.8. The molecule has 1 atom stereocenters. The first-order valence-corrected chi connectivity index (χ1v) is 6.24. The molecule has 0 aromatic heterocycles. The van der Waals surface area contributed by atoms with Gasteiger partial charge in [0.25, 0.3) is 5.91 Å². The zero-order valence-electron chi connectivity index (χ0n) is 11.1. The zero-order chi connectivity index (χ0) is 15.1. The Morgan fingerprint density at radius 1 is 1.50 bits per heavy atom. The first kappa shape index (κ1) is 14.4. The van der Waals surface area contributed by atoms with Gasteiger partial charge >= 0.3 is 5.92 Å². The summed E-state index contributed by atoms with van der Waals surface area (Å²) in [5.41, 5.74) is -0.0261. The molecule has 2 rings (SSSR count). The third kappa shape index (κ3) is 2.03. The minimum Gasteiger partial charge on any atom is -0.304 e. The van der Waals surface area contributed by atoms with Gasteiger partial charge in [-0.25, -0.2) is 4.39 Å². The van der Waals surface area contributed by atoms with Crippen LogP contribution in [0.25, 0.3) is 0 Å². The van der Waals surface area contributed by atoms with Gasteiger partial charge in [-0.2, -0.15) is 14.0 Å². The number of hydrogen-bond donors (Lipinski definition) is 0. The van der Waals surface area contributed by atoms with Crippen LogP contribution in [-0.2, 0) is 4.79 Å². The van der Waals surface area contributed by atoms with Crippen molar-refractivity contribution in [2.75, 3.05) is 4.90 Å². The SMILES string of the molecule is CC[C@H]1CC(F)(F)C(=O)N1c1ccc(C#N)c(F)c1C. The molecule has 0 N–H and O–H groups in total. The molecule has 20 heavy (non-hydrogen) atoms. The number of rotatable bonds is 2. The van der Waals surface area contributed by atoms with Crippen molar-refractivity contribution in [1.29, 1.82) is 5.26 Å². The molecule has 0 saturated carbocycles. The molecule has 0 spiro atoms. The smallest absolute Gasteiger partial charge is 0.304 e. The van der Waals surface area contributed by atoms with Crippen molar-refractivity contribution in [3.63, 3.8) is 0 Å². The lowest BCUT2D eigenvalue weighted by Gasteiger charge is -2.25. The van der Waals surface area contributed by atoms with Gasteiger partial charge in [-0.05, 0) is 25.5 Å². The van der Waals surface area contributed by atoms with Crippen molar-refractivity contribution in [1.82, 2.24) is 0 Å². The molecule has 1 aromatic rings. The lowest BCUT2D eigenvalue weighted by atomic mass is 10.1. The predicted molar refractivity (Wildman–Crippen MR) is 67.0 cm³/mol. The number of hydrogen-bond acceptors (Lipinski definition) is 2. The number of nitriles is 1. The highest BCUT2D eigenvalue weighted by Gasteiger charge is 2.53. The van der Waals surface area contributed by atoms with Crippen LogP contribution in [0.15, 0.2) is 12.1 Å². The molecule has 0 bridgehead atoms. The second-order valence-electron chi connectivity index (χ2n) is 4.83.